The summed E-state index contributed by atoms with van der Waals surface area (Å²) in [5, 5.41) is 4.35. The third-order valence-electron chi connectivity index (χ3n) is 1.70. The zero-order valence-corrected chi connectivity index (χ0v) is 9.41. The highest BCUT2D eigenvalue weighted by atomic mass is 35.5. The normalized spacial score (nSPS) is 9.36. The lowest BCUT2D eigenvalue weighted by molar-refractivity contribution is 0.770. The quantitative estimate of drug-likeness (QED) is 0.619. The molecule has 1 nitrogen and oxygen atoms in total. The van der Waals surface area contributed by atoms with Crippen LogP contribution in [0.2, 0.25) is 10.0 Å². The van der Waals surface area contributed by atoms with Gasteiger partial charge in [-0.3, -0.25) is 0 Å². The average molecular weight is 228 g/mol. The Bertz CT molecular complexity index is 363. The van der Waals surface area contributed by atoms with Crippen LogP contribution in [0.1, 0.15) is 12.5 Å². The van der Waals surface area contributed by atoms with E-state index in [0.717, 1.165) is 12.1 Å². The molecule has 0 atom stereocenters. The van der Waals surface area contributed by atoms with Crippen molar-refractivity contribution in [3.8, 4) is 11.8 Å². The van der Waals surface area contributed by atoms with E-state index in [0.29, 0.717) is 16.6 Å². The van der Waals surface area contributed by atoms with Crippen molar-refractivity contribution in [2.24, 2.45) is 0 Å². The predicted octanol–water partition coefficient (Wildman–Crippen LogP) is 3.11. The van der Waals surface area contributed by atoms with Crippen molar-refractivity contribution in [1.29, 1.82) is 0 Å². The van der Waals surface area contributed by atoms with E-state index >= 15 is 0 Å². The van der Waals surface area contributed by atoms with Gasteiger partial charge < -0.3 is 5.32 Å². The van der Waals surface area contributed by atoms with E-state index in [1.807, 2.05) is 19.1 Å². The highest BCUT2D eigenvalue weighted by molar-refractivity contribution is 6.42. The molecule has 1 aromatic rings. The van der Waals surface area contributed by atoms with Crippen LogP contribution in [0.3, 0.4) is 0 Å². The van der Waals surface area contributed by atoms with E-state index in [1.165, 1.54) is 0 Å². The molecule has 0 amide bonds. The van der Waals surface area contributed by atoms with Gasteiger partial charge in [0.1, 0.15) is 0 Å². The molecule has 0 saturated carbocycles. The molecule has 0 aliphatic carbocycles. The van der Waals surface area contributed by atoms with Gasteiger partial charge in [0, 0.05) is 6.54 Å². The van der Waals surface area contributed by atoms with E-state index in [9.17, 15) is 0 Å². The lowest BCUT2D eigenvalue weighted by Gasteiger charge is -2.02. The zero-order valence-electron chi connectivity index (χ0n) is 7.90. The number of rotatable bonds is 3. The second kappa shape index (κ2) is 5.93. The molecule has 0 aliphatic heterocycles. The maximum Gasteiger partial charge on any atom is 0.0595 e. The van der Waals surface area contributed by atoms with Gasteiger partial charge in [-0.1, -0.05) is 35.2 Å². The number of nitrogens with one attached hydrogen (secondary N) is 1. The molecule has 1 N–H and O–H groups in total. The van der Waals surface area contributed by atoms with Gasteiger partial charge in [-0.15, -0.1) is 5.92 Å². The van der Waals surface area contributed by atoms with Crippen LogP contribution in [0.5, 0.6) is 0 Å². The summed E-state index contributed by atoms with van der Waals surface area (Å²) >= 11 is 11.7. The fourth-order valence-corrected chi connectivity index (χ4v) is 1.33. The van der Waals surface area contributed by atoms with Crippen LogP contribution >= 0.6 is 23.2 Å². The Morgan fingerprint density at radius 2 is 2.07 bits per heavy atom. The summed E-state index contributed by atoms with van der Waals surface area (Å²) in [5.41, 5.74) is 1.11. The minimum Gasteiger partial charge on any atom is -0.302 e. The molecule has 1 aromatic carbocycles. The van der Waals surface area contributed by atoms with Crippen molar-refractivity contribution in [2.75, 3.05) is 6.54 Å². The van der Waals surface area contributed by atoms with Crippen LogP contribution in [-0.4, -0.2) is 6.54 Å². The first kappa shape index (κ1) is 11.4. The molecule has 0 radical (unpaired) electrons. The van der Waals surface area contributed by atoms with Gasteiger partial charge in [-0.2, -0.15) is 0 Å². The Hall–Kier alpha value is -0.680. The minimum absolute atomic E-state index is 0.587. The average Bonchev–Trinajstić information content (AvgIpc) is 2.18. The number of halogens is 2. The summed E-state index contributed by atoms with van der Waals surface area (Å²) in [7, 11) is 0. The van der Waals surface area contributed by atoms with Crippen LogP contribution in [-0.2, 0) is 6.54 Å². The Morgan fingerprint density at radius 3 is 2.71 bits per heavy atom. The van der Waals surface area contributed by atoms with Gasteiger partial charge in [-0.05, 0) is 24.6 Å². The molecule has 0 saturated heterocycles. The second-order valence-corrected chi connectivity index (χ2v) is 3.59. The molecule has 3 heteroatoms. The first-order chi connectivity index (χ1) is 6.74. The van der Waals surface area contributed by atoms with Crippen molar-refractivity contribution in [2.45, 2.75) is 13.5 Å². The lowest BCUT2D eigenvalue weighted by atomic mass is 10.2. The molecular weight excluding hydrogens is 217 g/mol. The molecule has 0 heterocycles. The third-order valence-corrected chi connectivity index (χ3v) is 2.44. The number of benzene rings is 1. The van der Waals surface area contributed by atoms with E-state index < -0.39 is 0 Å². The lowest BCUT2D eigenvalue weighted by Crippen LogP contribution is -2.12. The summed E-state index contributed by atoms with van der Waals surface area (Å²) < 4.78 is 0. The van der Waals surface area contributed by atoms with E-state index in [4.69, 9.17) is 23.2 Å². The number of hydrogen-bond acceptors (Lipinski definition) is 1. The van der Waals surface area contributed by atoms with Gasteiger partial charge >= 0.3 is 0 Å². The molecule has 0 bridgehead atoms. The van der Waals surface area contributed by atoms with Gasteiger partial charge in [-0.25, -0.2) is 0 Å². The third kappa shape index (κ3) is 3.59. The highest BCUT2D eigenvalue weighted by Gasteiger charge is 1.98. The van der Waals surface area contributed by atoms with Crippen LogP contribution in [0.25, 0.3) is 0 Å². The molecule has 0 unspecified atom stereocenters. The summed E-state index contributed by atoms with van der Waals surface area (Å²) in [6.45, 7) is 3.27. The van der Waals surface area contributed by atoms with Crippen molar-refractivity contribution in [3.05, 3.63) is 33.8 Å². The van der Waals surface area contributed by atoms with Gasteiger partial charge in [0.2, 0.25) is 0 Å². The number of hydrogen-bond donors (Lipinski definition) is 1. The van der Waals surface area contributed by atoms with Crippen LogP contribution in [0.15, 0.2) is 18.2 Å². The summed E-state index contributed by atoms with van der Waals surface area (Å²) in [6, 6.07) is 5.60. The molecule has 0 aromatic heterocycles. The van der Waals surface area contributed by atoms with Crippen molar-refractivity contribution < 1.29 is 0 Å². The van der Waals surface area contributed by atoms with Crippen LogP contribution in [0, 0.1) is 11.8 Å². The molecular formula is C11H11Cl2N. The van der Waals surface area contributed by atoms with Crippen molar-refractivity contribution in [1.82, 2.24) is 5.32 Å². The smallest absolute Gasteiger partial charge is 0.0595 e. The standard InChI is InChI=1S/C11H11Cl2N/c1-2-3-6-14-8-9-4-5-10(12)11(13)7-9/h4-5,7,14H,6,8H2,1H3. The summed E-state index contributed by atoms with van der Waals surface area (Å²) in [6.07, 6.45) is 0. The Kier molecular flexibility index (Phi) is 4.82. The minimum atomic E-state index is 0.587. The maximum absolute atomic E-state index is 5.87. The Morgan fingerprint density at radius 1 is 1.29 bits per heavy atom. The predicted molar refractivity (Wildman–Crippen MR) is 61.6 cm³/mol. The molecule has 1 rings (SSSR count). The first-order valence-electron chi connectivity index (χ1n) is 4.28. The zero-order chi connectivity index (χ0) is 10.4. The Balaban J connectivity index is 2.50. The molecule has 0 spiro atoms. The fraction of sp³-hybridized carbons (Fsp3) is 0.273. The molecule has 0 fully saturated rings. The van der Waals surface area contributed by atoms with Gasteiger partial charge in [0.05, 0.1) is 16.6 Å². The molecule has 74 valence electrons. The summed E-state index contributed by atoms with van der Waals surface area (Å²) in [4.78, 5) is 0. The molecule has 14 heavy (non-hydrogen) atoms. The largest absolute Gasteiger partial charge is 0.302 e. The SMILES string of the molecule is CC#CCNCc1ccc(Cl)c(Cl)c1. The monoisotopic (exact) mass is 227 g/mol. The topological polar surface area (TPSA) is 12.0 Å². The van der Waals surface area contributed by atoms with E-state index in [1.54, 1.807) is 6.07 Å². The first-order valence-corrected chi connectivity index (χ1v) is 5.04. The van der Waals surface area contributed by atoms with Crippen molar-refractivity contribution >= 4 is 23.2 Å². The van der Waals surface area contributed by atoms with Crippen LogP contribution in [0.4, 0.5) is 0 Å². The highest BCUT2D eigenvalue weighted by Crippen LogP contribution is 2.22. The summed E-state index contributed by atoms with van der Waals surface area (Å²) in [5.74, 6) is 5.74. The van der Waals surface area contributed by atoms with E-state index in [-0.39, 0.29) is 0 Å². The van der Waals surface area contributed by atoms with Gasteiger partial charge in [0.25, 0.3) is 0 Å². The van der Waals surface area contributed by atoms with Crippen molar-refractivity contribution in [3.63, 3.8) is 0 Å². The van der Waals surface area contributed by atoms with E-state index in [2.05, 4.69) is 17.2 Å². The fourth-order valence-electron chi connectivity index (χ4n) is 1.01. The van der Waals surface area contributed by atoms with Gasteiger partial charge in [0.15, 0.2) is 0 Å². The second-order valence-electron chi connectivity index (χ2n) is 2.78. The van der Waals surface area contributed by atoms with Crippen LogP contribution < -0.4 is 5.32 Å². The Labute approximate surface area is 94.4 Å². The maximum atomic E-state index is 5.87. The molecule has 0 aliphatic rings.